The van der Waals surface area contributed by atoms with Crippen LogP contribution in [0.4, 0.5) is 0 Å². The SMILES string of the molecule is Cc1cc(Cl)ncc1S(=O)(=O)NC1CC1. The molecule has 1 saturated carbocycles. The molecule has 0 aromatic carbocycles. The van der Waals surface area contributed by atoms with E-state index in [1.54, 1.807) is 13.0 Å². The molecule has 15 heavy (non-hydrogen) atoms. The molecule has 0 saturated heterocycles. The predicted molar refractivity (Wildman–Crippen MR) is 57.3 cm³/mol. The van der Waals surface area contributed by atoms with Crippen LogP contribution in [0.2, 0.25) is 5.15 Å². The number of hydrogen-bond acceptors (Lipinski definition) is 3. The van der Waals surface area contributed by atoms with E-state index in [0.717, 1.165) is 12.8 Å². The Labute approximate surface area is 93.7 Å². The van der Waals surface area contributed by atoms with Crippen LogP contribution in [0, 0.1) is 6.92 Å². The van der Waals surface area contributed by atoms with Gasteiger partial charge in [-0.2, -0.15) is 0 Å². The number of nitrogens with zero attached hydrogens (tertiary/aromatic N) is 1. The van der Waals surface area contributed by atoms with Crippen molar-refractivity contribution >= 4 is 21.6 Å². The van der Waals surface area contributed by atoms with Gasteiger partial charge in [0.15, 0.2) is 0 Å². The lowest BCUT2D eigenvalue weighted by atomic mass is 10.3. The maximum Gasteiger partial charge on any atom is 0.242 e. The van der Waals surface area contributed by atoms with Crippen molar-refractivity contribution in [1.82, 2.24) is 9.71 Å². The molecule has 4 nitrogen and oxygen atoms in total. The maximum atomic E-state index is 11.8. The summed E-state index contributed by atoms with van der Waals surface area (Å²) in [5.74, 6) is 0. The number of sulfonamides is 1. The van der Waals surface area contributed by atoms with E-state index in [1.165, 1.54) is 6.20 Å². The van der Waals surface area contributed by atoms with Crippen LogP contribution in [-0.2, 0) is 10.0 Å². The predicted octanol–water partition coefficient (Wildman–Crippen LogP) is 1.48. The van der Waals surface area contributed by atoms with Gasteiger partial charge in [0, 0.05) is 12.2 Å². The number of halogens is 1. The molecule has 0 unspecified atom stereocenters. The van der Waals surface area contributed by atoms with Crippen LogP contribution >= 0.6 is 11.6 Å². The Morgan fingerprint density at radius 1 is 1.53 bits per heavy atom. The first kappa shape index (κ1) is 10.9. The highest BCUT2D eigenvalue weighted by Gasteiger charge is 2.28. The molecule has 0 atom stereocenters. The Bertz CT molecular complexity index is 483. The van der Waals surface area contributed by atoms with Crippen molar-refractivity contribution in [2.24, 2.45) is 0 Å². The molecule has 0 radical (unpaired) electrons. The van der Waals surface area contributed by atoms with Gasteiger partial charge in [-0.3, -0.25) is 0 Å². The number of nitrogens with one attached hydrogen (secondary N) is 1. The van der Waals surface area contributed by atoms with Gasteiger partial charge in [-0.25, -0.2) is 18.1 Å². The number of rotatable bonds is 3. The van der Waals surface area contributed by atoms with E-state index in [9.17, 15) is 8.42 Å². The molecular formula is C9H11ClN2O2S. The van der Waals surface area contributed by atoms with Gasteiger partial charge < -0.3 is 0 Å². The number of pyridine rings is 1. The van der Waals surface area contributed by atoms with Gasteiger partial charge in [-0.05, 0) is 31.4 Å². The fourth-order valence-corrected chi connectivity index (χ4v) is 2.96. The molecule has 1 heterocycles. The standard InChI is InChI=1S/C9H11ClN2O2S/c1-6-4-9(10)11-5-8(6)15(13,14)12-7-2-3-7/h4-5,7,12H,2-3H2,1H3. The smallest absolute Gasteiger partial charge is 0.242 e. The Hall–Kier alpha value is -0.650. The van der Waals surface area contributed by atoms with Crippen LogP contribution < -0.4 is 4.72 Å². The third-order valence-electron chi connectivity index (χ3n) is 2.22. The number of aryl methyl sites for hydroxylation is 1. The highest BCUT2D eigenvalue weighted by atomic mass is 35.5. The van der Waals surface area contributed by atoms with Crippen molar-refractivity contribution in [2.45, 2.75) is 30.7 Å². The fourth-order valence-electron chi connectivity index (χ4n) is 1.27. The minimum absolute atomic E-state index is 0.102. The Kier molecular flexibility index (Phi) is 2.70. The van der Waals surface area contributed by atoms with Gasteiger partial charge in [-0.1, -0.05) is 11.6 Å². The Balaban J connectivity index is 2.34. The topological polar surface area (TPSA) is 59.1 Å². The maximum absolute atomic E-state index is 11.8. The molecule has 1 aromatic rings. The van der Waals surface area contributed by atoms with E-state index in [1.807, 2.05) is 0 Å². The summed E-state index contributed by atoms with van der Waals surface area (Å²) < 4.78 is 26.2. The summed E-state index contributed by atoms with van der Waals surface area (Å²) in [6.07, 6.45) is 3.13. The zero-order valence-corrected chi connectivity index (χ0v) is 9.77. The molecule has 1 aliphatic rings. The van der Waals surface area contributed by atoms with Crippen molar-refractivity contribution in [3.05, 3.63) is 23.0 Å². The molecule has 1 aliphatic carbocycles. The molecule has 2 rings (SSSR count). The summed E-state index contributed by atoms with van der Waals surface area (Å²) in [6.45, 7) is 1.70. The molecule has 6 heteroatoms. The van der Waals surface area contributed by atoms with Crippen molar-refractivity contribution in [2.75, 3.05) is 0 Å². The summed E-state index contributed by atoms with van der Waals surface area (Å²) in [4.78, 5) is 3.99. The van der Waals surface area contributed by atoms with Gasteiger partial charge in [0.05, 0.1) is 0 Å². The highest BCUT2D eigenvalue weighted by Crippen LogP contribution is 2.23. The first-order valence-electron chi connectivity index (χ1n) is 4.63. The first-order chi connectivity index (χ1) is 6.99. The van der Waals surface area contributed by atoms with Gasteiger partial charge >= 0.3 is 0 Å². The average molecular weight is 247 g/mol. The quantitative estimate of drug-likeness (QED) is 0.822. The second kappa shape index (κ2) is 3.73. The largest absolute Gasteiger partial charge is 0.243 e. The van der Waals surface area contributed by atoms with Gasteiger partial charge in [-0.15, -0.1) is 0 Å². The monoisotopic (exact) mass is 246 g/mol. The van der Waals surface area contributed by atoms with Crippen LogP contribution in [-0.4, -0.2) is 19.4 Å². The average Bonchev–Trinajstić information content (AvgIpc) is 2.86. The van der Waals surface area contributed by atoms with Crippen LogP contribution in [0.3, 0.4) is 0 Å². The van der Waals surface area contributed by atoms with E-state index in [-0.39, 0.29) is 10.9 Å². The van der Waals surface area contributed by atoms with Crippen LogP contribution in [0.1, 0.15) is 18.4 Å². The van der Waals surface area contributed by atoms with Crippen LogP contribution in [0.5, 0.6) is 0 Å². The second-order valence-electron chi connectivity index (χ2n) is 3.67. The van der Waals surface area contributed by atoms with E-state index < -0.39 is 10.0 Å². The molecule has 1 aromatic heterocycles. The zero-order valence-electron chi connectivity index (χ0n) is 8.20. The minimum Gasteiger partial charge on any atom is -0.243 e. The van der Waals surface area contributed by atoms with Crippen LogP contribution in [0.25, 0.3) is 0 Å². The first-order valence-corrected chi connectivity index (χ1v) is 6.49. The van der Waals surface area contributed by atoms with E-state index in [4.69, 9.17) is 11.6 Å². The summed E-state index contributed by atoms with van der Waals surface area (Å²) in [6, 6.07) is 1.65. The Morgan fingerprint density at radius 2 is 2.20 bits per heavy atom. The lowest BCUT2D eigenvalue weighted by Gasteiger charge is -2.07. The van der Waals surface area contributed by atoms with Crippen LogP contribution in [0.15, 0.2) is 17.2 Å². The molecule has 0 amide bonds. The van der Waals surface area contributed by atoms with Gasteiger partial charge in [0.1, 0.15) is 10.0 Å². The van der Waals surface area contributed by atoms with Crippen molar-refractivity contribution in [3.8, 4) is 0 Å². The number of hydrogen-bond donors (Lipinski definition) is 1. The zero-order chi connectivity index (χ0) is 11.1. The third kappa shape index (κ3) is 2.48. The molecule has 0 spiro atoms. The van der Waals surface area contributed by atoms with Crippen molar-refractivity contribution in [3.63, 3.8) is 0 Å². The second-order valence-corrected chi connectivity index (χ2v) is 5.74. The molecule has 82 valence electrons. The normalized spacial score (nSPS) is 16.7. The molecule has 1 N–H and O–H groups in total. The molecular weight excluding hydrogens is 236 g/mol. The molecule has 0 aliphatic heterocycles. The van der Waals surface area contributed by atoms with Gasteiger partial charge in [0.2, 0.25) is 10.0 Å². The summed E-state index contributed by atoms with van der Waals surface area (Å²) in [5.41, 5.74) is 0.614. The van der Waals surface area contributed by atoms with Crippen molar-refractivity contribution in [1.29, 1.82) is 0 Å². The summed E-state index contributed by atoms with van der Waals surface area (Å²) in [7, 11) is -3.42. The summed E-state index contributed by atoms with van der Waals surface area (Å²) >= 11 is 5.66. The van der Waals surface area contributed by atoms with E-state index in [2.05, 4.69) is 9.71 Å². The molecule has 1 fully saturated rings. The van der Waals surface area contributed by atoms with E-state index in [0.29, 0.717) is 10.7 Å². The third-order valence-corrected chi connectivity index (χ3v) is 4.07. The number of aromatic nitrogens is 1. The lowest BCUT2D eigenvalue weighted by Crippen LogP contribution is -2.26. The Morgan fingerprint density at radius 3 is 2.73 bits per heavy atom. The fraction of sp³-hybridized carbons (Fsp3) is 0.444. The minimum atomic E-state index is -3.42. The van der Waals surface area contributed by atoms with Gasteiger partial charge in [0.25, 0.3) is 0 Å². The summed E-state index contributed by atoms with van der Waals surface area (Å²) in [5, 5.41) is 0.304. The highest BCUT2D eigenvalue weighted by molar-refractivity contribution is 7.89. The van der Waals surface area contributed by atoms with E-state index >= 15 is 0 Å². The lowest BCUT2D eigenvalue weighted by molar-refractivity contribution is 0.580. The molecule has 0 bridgehead atoms. The van der Waals surface area contributed by atoms with Crippen molar-refractivity contribution < 1.29 is 8.42 Å².